The van der Waals surface area contributed by atoms with E-state index in [0.717, 1.165) is 16.7 Å². The van der Waals surface area contributed by atoms with Crippen LogP contribution in [0.1, 0.15) is 21.6 Å². The quantitative estimate of drug-likeness (QED) is 0.531. The van der Waals surface area contributed by atoms with Gasteiger partial charge in [-0.1, -0.05) is 54.3 Å². The SMILES string of the molecule is COC(=O)c1cc(C#Cc2ccc(-c3ccccc3)cc2)ccn1. The molecule has 0 radical (unpaired) electrons. The van der Waals surface area contributed by atoms with Crippen LogP contribution < -0.4 is 0 Å². The lowest BCUT2D eigenvalue weighted by molar-refractivity contribution is 0.0594. The summed E-state index contributed by atoms with van der Waals surface area (Å²) in [5.74, 6) is 5.67. The molecule has 0 atom stereocenters. The van der Waals surface area contributed by atoms with E-state index >= 15 is 0 Å². The molecule has 0 saturated heterocycles. The maximum absolute atomic E-state index is 11.5. The Kier molecular flexibility index (Phi) is 4.69. The predicted octanol–water partition coefficient (Wildman–Crippen LogP) is 3.94. The molecule has 0 bridgehead atoms. The number of benzene rings is 2. The number of carbonyl (C=O) groups is 1. The molecule has 0 N–H and O–H groups in total. The zero-order valence-electron chi connectivity index (χ0n) is 13.2. The highest BCUT2D eigenvalue weighted by molar-refractivity contribution is 5.87. The zero-order valence-corrected chi connectivity index (χ0v) is 13.2. The number of methoxy groups -OCH3 is 1. The molecule has 0 aliphatic carbocycles. The van der Waals surface area contributed by atoms with Gasteiger partial charge in [-0.3, -0.25) is 0 Å². The van der Waals surface area contributed by atoms with Crippen LogP contribution in [0.2, 0.25) is 0 Å². The molecule has 0 aliphatic rings. The Morgan fingerprint density at radius 1 is 0.875 bits per heavy atom. The molecule has 3 aromatic rings. The predicted molar refractivity (Wildman–Crippen MR) is 93.4 cm³/mol. The third kappa shape index (κ3) is 3.68. The number of aromatic nitrogens is 1. The number of rotatable bonds is 2. The summed E-state index contributed by atoms with van der Waals surface area (Å²) in [5.41, 5.74) is 4.21. The molecule has 3 heteroatoms. The minimum absolute atomic E-state index is 0.253. The van der Waals surface area contributed by atoms with Gasteiger partial charge in [0.1, 0.15) is 5.69 Å². The molecule has 2 aromatic carbocycles. The molecule has 0 unspecified atom stereocenters. The second kappa shape index (κ2) is 7.26. The highest BCUT2D eigenvalue weighted by Crippen LogP contribution is 2.18. The molecular formula is C21H15NO2. The van der Waals surface area contributed by atoms with Crippen LogP contribution in [0, 0.1) is 11.8 Å². The van der Waals surface area contributed by atoms with Crippen LogP contribution in [-0.4, -0.2) is 18.1 Å². The fourth-order valence-electron chi connectivity index (χ4n) is 2.25. The van der Waals surface area contributed by atoms with Crippen molar-refractivity contribution in [3.8, 4) is 23.0 Å². The summed E-state index contributed by atoms with van der Waals surface area (Å²) in [6.07, 6.45) is 1.55. The van der Waals surface area contributed by atoms with Gasteiger partial charge >= 0.3 is 5.97 Å². The van der Waals surface area contributed by atoms with Gasteiger partial charge < -0.3 is 4.74 Å². The lowest BCUT2D eigenvalue weighted by Crippen LogP contribution is -2.03. The van der Waals surface area contributed by atoms with Crippen molar-refractivity contribution in [2.45, 2.75) is 0 Å². The topological polar surface area (TPSA) is 39.2 Å². The fourth-order valence-corrected chi connectivity index (χ4v) is 2.25. The van der Waals surface area contributed by atoms with Gasteiger partial charge in [-0.15, -0.1) is 0 Å². The summed E-state index contributed by atoms with van der Waals surface area (Å²) in [4.78, 5) is 15.4. The summed E-state index contributed by atoms with van der Waals surface area (Å²) in [7, 11) is 1.33. The molecule has 116 valence electrons. The van der Waals surface area contributed by atoms with Crippen molar-refractivity contribution in [3.05, 3.63) is 89.7 Å². The second-order valence-electron chi connectivity index (χ2n) is 5.11. The largest absolute Gasteiger partial charge is 0.464 e. The van der Waals surface area contributed by atoms with Crippen LogP contribution in [0.25, 0.3) is 11.1 Å². The van der Waals surface area contributed by atoms with E-state index in [-0.39, 0.29) is 5.69 Å². The Labute approximate surface area is 140 Å². The van der Waals surface area contributed by atoms with Crippen LogP contribution in [0.15, 0.2) is 72.9 Å². The van der Waals surface area contributed by atoms with Crippen LogP contribution in [0.4, 0.5) is 0 Å². The first-order chi connectivity index (χ1) is 11.8. The summed E-state index contributed by atoms with van der Waals surface area (Å²) in [6.45, 7) is 0. The van der Waals surface area contributed by atoms with E-state index in [1.807, 2.05) is 42.5 Å². The maximum atomic E-state index is 11.5. The van der Waals surface area contributed by atoms with Crippen LogP contribution in [0.3, 0.4) is 0 Å². The van der Waals surface area contributed by atoms with Gasteiger partial charge in [-0.2, -0.15) is 0 Å². The average molecular weight is 313 g/mol. The lowest BCUT2D eigenvalue weighted by atomic mass is 10.0. The summed E-state index contributed by atoms with van der Waals surface area (Å²) in [6, 6.07) is 21.6. The number of nitrogens with zero attached hydrogens (tertiary/aromatic N) is 1. The Bertz CT molecular complexity index is 904. The first-order valence-corrected chi connectivity index (χ1v) is 7.48. The van der Waals surface area contributed by atoms with Crippen molar-refractivity contribution in [1.82, 2.24) is 4.98 Å². The van der Waals surface area contributed by atoms with E-state index in [1.54, 1.807) is 18.3 Å². The lowest BCUT2D eigenvalue weighted by Gasteiger charge is -2.01. The molecule has 0 spiro atoms. The van der Waals surface area contributed by atoms with Crippen molar-refractivity contribution < 1.29 is 9.53 Å². The summed E-state index contributed by atoms with van der Waals surface area (Å²) in [5, 5.41) is 0. The fraction of sp³-hybridized carbons (Fsp3) is 0.0476. The molecule has 0 amide bonds. The van der Waals surface area contributed by atoms with Crippen molar-refractivity contribution in [3.63, 3.8) is 0 Å². The average Bonchev–Trinajstić information content (AvgIpc) is 2.67. The van der Waals surface area contributed by atoms with E-state index in [1.165, 1.54) is 12.7 Å². The van der Waals surface area contributed by atoms with Crippen molar-refractivity contribution in [1.29, 1.82) is 0 Å². The van der Waals surface area contributed by atoms with Gasteiger partial charge in [0.2, 0.25) is 0 Å². The standard InChI is InChI=1S/C21H15NO2/c1-24-21(23)20-15-17(13-14-22-20)8-7-16-9-11-19(12-10-16)18-5-3-2-4-6-18/h2-6,9-15H,1H3. The Hall–Kier alpha value is -3.38. The van der Waals surface area contributed by atoms with Crippen molar-refractivity contribution in [2.75, 3.05) is 7.11 Å². The first-order valence-electron chi connectivity index (χ1n) is 7.48. The Morgan fingerprint density at radius 2 is 1.54 bits per heavy atom. The Morgan fingerprint density at radius 3 is 2.25 bits per heavy atom. The van der Waals surface area contributed by atoms with Crippen molar-refractivity contribution >= 4 is 5.97 Å². The van der Waals surface area contributed by atoms with Crippen molar-refractivity contribution in [2.24, 2.45) is 0 Å². The van der Waals surface area contributed by atoms with Gasteiger partial charge in [0.05, 0.1) is 7.11 Å². The molecule has 24 heavy (non-hydrogen) atoms. The number of hydrogen-bond acceptors (Lipinski definition) is 3. The summed E-state index contributed by atoms with van der Waals surface area (Å²) < 4.78 is 4.66. The monoisotopic (exact) mass is 313 g/mol. The first kappa shape index (κ1) is 15.5. The summed E-state index contributed by atoms with van der Waals surface area (Å²) >= 11 is 0. The van der Waals surface area contributed by atoms with E-state index in [2.05, 4.69) is 33.7 Å². The molecule has 0 saturated carbocycles. The van der Waals surface area contributed by atoms with E-state index in [0.29, 0.717) is 0 Å². The van der Waals surface area contributed by atoms with Gasteiger partial charge in [-0.05, 0) is 35.4 Å². The third-order valence-electron chi connectivity index (χ3n) is 3.50. The number of hydrogen-bond donors (Lipinski definition) is 0. The van der Waals surface area contributed by atoms with Crippen LogP contribution in [-0.2, 0) is 4.74 Å². The molecule has 1 heterocycles. The van der Waals surface area contributed by atoms with Gasteiger partial charge in [0, 0.05) is 17.3 Å². The highest BCUT2D eigenvalue weighted by Gasteiger charge is 2.06. The molecular weight excluding hydrogens is 298 g/mol. The molecule has 3 nitrogen and oxygen atoms in total. The molecule has 0 aliphatic heterocycles. The minimum Gasteiger partial charge on any atom is -0.464 e. The van der Waals surface area contributed by atoms with Gasteiger partial charge in [0.15, 0.2) is 0 Å². The molecule has 3 rings (SSSR count). The van der Waals surface area contributed by atoms with E-state index < -0.39 is 5.97 Å². The van der Waals surface area contributed by atoms with E-state index in [4.69, 9.17) is 0 Å². The van der Waals surface area contributed by atoms with Crippen LogP contribution in [0.5, 0.6) is 0 Å². The number of carbonyl (C=O) groups excluding carboxylic acids is 1. The molecule has 0 fully saturated rings. The smallest absolute Gasteiger partial charge is 0.356 e. The number of esters is 1. The number of ether oxygens (including phenoxy) is 1. The second-order valence-corrected chi connectivity index (χ2v) is 5.11. The van der Waals surface area contributed by atoms with E-state index in [9.17, 15) is 4.79 Å². The molecule has 1 aromatic heterocycles. The normalized spacial score (nSPS) is 9.71. The van der Waals surface area contributed by atoms with Gasteiger partial charge in [-0.25, -0.2) is 9.78 Å². The third-order valence-corrected chi connectivity index (χ3v) is 3.50. The Balaban J connectivity index is 1.80. The van der Waals surface area contributed by atoms with Gasteiger partial charge in [0.25, 0.3) is 0 Å². The van der Waals surface area contributed by atoms with Crippen LogP contribution >= 0.6 is 0 Å². The highest BCUT2D eigenvalue weighted by atomic mass is 16.5. The maximum Gasteiger partial charge on any atom is 0.356 e. The number of pyridine rings is 1. The minimum atomic E-state index is -0.467. The zero-order chi connectivity index (χ0) is 16.8.